The number of rotatable bonds is 10. The van der Waals surface area contributed by atoms with E-state index in [2.05, 4.69) is 242 Å². The van der Waals surface area contributed by atoms with Crippen molar-refractivity contribution in [1.29, 1.82) is 0 Å². The quantitative estimate of drug-likeness (QED) is 0.129. The van der Waals surface area contributed by atoms with Crippen LogP contribution < -0.4 is 10.1 Å². The summed E-state index contributed by atoms with van der Waals surface area (Å²) in [6.45, 7) is 7.10. The topological polar surface area (TPSA) is 34.0 Å². The number of para-hydroxylation sites is 1. The van der Waals surface area contributed by atoms with E-state index in [0.29, 0.717) is 0 Å². The fourth-order valence-corrected chi connectivity index (χ4v) is 9.59. The number of fused-ring (bicyclic) bond motifs is 1. The normalized spacial score (nSPS) is 11.5. The Labute approximate surface area is 365 Å². The third kappa shape index (κ3) is 7.44. The smallest absolute Gasteiger partial charge is 0.137 e. The van der Waals surface area contributed by atoms with E-state index in [1.165, 1.54) is 10.8 Å². The molecule has 0 saturated carbocycles. The van der Waals surface area contributed by atoms with Gasteiger partial charge in [0.15, 0.2) is 0 Å². The van der Waals surface area contributed by atoms with Gasteiger partial charge in [-0.3, -0.25) is 9.55 Å². The first-order valence-electron chi connectivity index (χ1n) is 21.2. The van der Waals surface area contributed by atoms with Crippen molar-refractivity contribution in [2.75, 3.05) is 4.90 Å². The van der Waals surface area contributed by atoms with Crippen molar-refractivity contribution in [2.45, 2.75) is 19.6 Å². The van der Waals surface area contributed by atoms with Crippen LogP contribution in [0.3, 0.4) is 0 Å². The van der Waals surface area contributed by atoms with E-state index in [1.807, 2.05) is 12.3 Å². The highest BCUT2D eigenvalue weighted by atomic mass is 28.3. The van der Waals surface area contributed by atoms with Crippen LogP contribution in [-0.2, 0) is 0 Å². The minimum atomic E-state index is -1.55. The second-order valence-corrected chi connectivity index (χ2v) is 21.8. The summed E-state index contributed by atoms with van der Waals surface area (Å²) in [4.78, 5) is 12.5. The zero-order valence-corrected chi connectivity index (χ0v) is 36.2. The third-order valence-electron chi connectivity index (χ3n) is 11.6. The van der Waals surface area contributed by atoms with Gasteiger partial charge >= 0.3 is 0 Å². The van der Waals surface area contributed by atoms with Crippen molar-refractivity contribution in [1.82, 2.24) is 14.5 Å². The van der Waals surface area contributed by atoms with Crippen molar-refractivity contribution in [3.63, 3.8) is 0 Å². The Kier molecular flexibility index (Phi) is 10.2. The fraction of sp³-hybridized carbons (Fsp3) is 0.0526. The van der Waals surface area contributed by atoms with Gasteiger partial charge in [0.25, 0.3) is 0 Å². The minimum absolute atomic E-state index is 0.855. The Bertz CT molecular complexity index is 3120. The maximum atomic E-state index is 5.12. The van der Waals surface area contributed by atoms with E-state index in [1.54, 1.807) is 0 Å². The summed E-state index contributed by atoms with van der Waals surface area (Å²) in [6, 6.07) is 76.0. The second kappa shape index (κ2) is 16.5. The molecule has 5 heteroatoms. The van der Waals surface area contributed by atoms with Gasteiger partial charge in [-0.05, 0) is 87.6 Å². The molecule has 0 amide bonds. The van der Waals surface area contributed by atoms with Gasteiger partial charge in [0.1, 0.15) is 5.82 Å². The maximum absolute atomic E-state index is 5.12. The Morgan fingerprint density at radius 2 is 1.06 bits per heavy atom. The maximum Gasteiger partial charge on any atom is 0.137 e. The van der Waals surface area contributed by atoms with E-state index in [9.17, 15) is 0 Å². The molecule has 0 aliphatic carbocycles. The Morgan fingerprint density at radius 1 is 0.452 bits per heavy atom. The molecule has 0 radical (unpaired) electrons. The summed E-state index contributed by atoms with van der Waals surface area (Å²) in [5, 5.41) is 2.49. The molecule has 0 bridgehead atoms. The molecular weight excluding hydrogens is 769 g/mol. The summed E-state index contributed by atoms with van der Waals surface area (Å²) >= 11 is 0. The lowest BCUT2D eigenvalue weighted by Crippen LogP contribution is -2.37. The first-order valence-corrected chi connectivity index (χ1v) is 24.7. The van der Waals surface area contributed by atoms with Crippen LogP contribution in [0.5, 0.6) is 0 Å². The summed E-state index contributed by atoms with van der Waals surface area (Å²) in [6.07, 6.45) is 3.97. The van der Waals surface area contributed by atoms with Gasteiger partial charge < -0.3 is 4.90 Å². The van der Waals surface area contributed by atoms with Crippen molar-refractivity contribution >= 4 is 41.2 Å². The molecule has 7 aromatic carbocycles. The molecule has 4 nitrogen and oxygen atoms in total. The molecule has 0 aliphatic rings. The summed E-state index contributed by atoms with van der Waals surface area (Å²) in [5.74, 6) is 0.855. The van der Waals surface area contributed by atoms with Crippen LogP contribution in [0.4, 0.5) is 17.1 Å². The predicted molar refractivity (Wildman–Crippen MR) is 264 cm³/mol. The molecule has 298 valence electrons. The number of anilines is 3. The zero-order valence-electron chi connectivity index (χ0n) is 35.2. The fourth-order valence-electron chi connectivity index (χ4n) is 8.56. The molecular formula is C57H46N4Si. The van der Waals surface area contributed by atoms with Crippen LogP contribution >= 0.6 is 0 Å². The molecule has 0 atom stereocenters. The number of hydrogen-bond acceptors (Lipinski definition) is 3. The Morgan fingerprint density at radius 3 is 1.71 bits per heavy atom. The Hall–Kier alpha value is -7.60. The van der Waals surface area contributed by atoms with E-state index in [-0.39, 0.29) is 0 Å². The largest absolute Gasteiger partial charge is 0.310 e. The van der Waals surface area contributed by atoms with Crippen molar-refractivity contribution in [3.8, 4) is 61.7 Å². The van der Waals surface area contributed by atoms with Gasteiger partial charge in [-0.25, -0.2) is 4.98 Å². The number of hydrogen-bond donors (Lipinski definition) is 0. The molecule has 3 aromatic heterocycles. The highest BCUT2D eigenvalue weighted by molar-refractivity contribution is 6.88. The molecule has 10 aromatic rings. The van der Waals surface area contributed by atoms with Gasteiger partial charge in [0.2, 0.25) is 0 Å². The van der Waals surface area contributed by atoms with Crippen LogP contribution in [0.2, 0.25) is 19.6 Å². The lowest BCUT2D eigenvalue weighted by atomic mass is 9.97. The zero-order chi connectivity index (χ0) is 42.0. The van der Waals surface area contributed by atoms with E-state index in [0.717, 1.165) is 84.1 Å². The van der Waals surface area contributed by atoms with E-state index >= 15 is 0 Å². The van der Waals surface area contributed by atoms with Crippen LogP contribution in [0.15, 0.2) is 225 Å². The number of benzene rings is 7. The van der Waals surface area contributed by atoms with Crippen molar-refractivity contribution in [3.05, 3.63) is 225 Å². The first kappa shape index (κ1) is 38.6. The van der Waals surface area contributed by atoms with Gasteiger partial charge in [-0.15, -0.1) is 0 Å². The first-order chi connectivity index (χ1) is 30.4. The highest BCUT2D eigenvalue weighted by Crippen LogP contribution is 2.47. The lowest BCUT2D eigenvalue weighted by Gasteiger charge is -2.29. The van der Waals surface area contributed by atoms with Gasteiger partial charge in [0, 0.05) is 45.8 Å². The number of aromatic nitrogens is 3. The van der Waals surface area contributed by atoms with Crippen LogP contribution in [0.1, 0.15) is 0 Å². The average Bonchev–Trinajstić information content (AvgIpc) is 3.67. The molecule has 0 spiro atoms. The summed E-state index contributed by atoms with van der Waals surface area (Å²) in [5.41, 5.74) is 15.3. The average molecular weight is 815 g/mol. The third-order valence-corrected chi connectivity index (χ3v) is 13.7. The van der Waals surface area contributed by atoms with E-state index in [4.69, 9.17) is 9.97 Å². The molecule has 10 rings (SSSR count). The highest BCUT2D eigenvalue weighted by Gasteiger charge is 2.25. The van der Waals surface area contributed by atoms with Gasteiger partial charge in [-0.1, -0.05) is 177 Å². The molecule has 62 heavy (non-hydrogen) atoms. The molecule has 3 heterocycles. The standard InChI is InChI=1S/C57H46N4Si/c1-62(2,3)49-32-34-52(59-40-49)46-36-45(41-20-8-4-9-21-41)37-48(38-46)60(53-29-17-16-28-50(53)42-22-10-5-11-23-42)47-31-33-51-54(39-47)61(55-30-18-19-35-58-55)57(44-26-14-7-15-27-44)56(51)43-24-12-6-13-25-43/h4-40H,1-3H3. The predicted octanol–water partition coefficient (Wildman–Crippen LogP) is 14.8. The summed E-state index contributed by atoms with van der Waals surface area (Å²) < 4.78 is 2.34. The van der Waals surface area contributed by atoms with Crippen molar-refractivity contribution < 1.29 is 0 Å². The van der Waals surface area contributed by atoms with Gasteiger partial charge in [0.05, 0.1) is 30.7 Å². The molecule has 0 N–H and O–H groups in total. The second-order valence-electron chi connectivity index (χ2n) is 16.7. The minimum Gasteiger partial charge on any atom is -0.310 e. The van der Waals surface area contributed by atoms with Crippen LogP contribution in [0, 0.1) is 0 Å². The number of nitrogens with zero attached hydrogens (tertiary/aromatic N) is 4. The van der Waals surface area contributed by atoms with Crippen LogP contribution in [-0.4, -0.2) is 22.6 Å². The Balaban J connectivity index is 1.28. The van der Waals surface area contributed by atoms with Crippen molar-refractivity contribution in [2.24, 2.45) is 0 Å². The lowest BCUT2D eigenvalue weighted by molar-refractivity contribution is 1.05. The number of pyridine rings is 2. The monoisotopic (exact) mass is 814 g/mol. The van der Waals surface area contributed by atoms with E-state index < -0.39 is 8.07 Å². The molecule has 0 unspecified atom stereocenters. The van der Waals surface area contributed by atoms with Crippen LogP contribution in [0.25, 0.3) is 72.6 Å². The summed E-state index contributed by atoms with van der Waals surface area (Å²) in [7, 11) is -1.55. The molecule has 0 fully saturated rings. The SMILES string of the molecule is C[Si](C)(C)c1ccc(-c2cc(-c3ccccc3)cc(N(c3ccc4c(-c5ccccc5)c(-c5ccccc5)n(-c5ccccn5)c4c3)c3ccccc3-c3ccccc3)c2)nc1. The molecule has 0 aliphatic heterocycles. The molecule has 0 saturated heterocycles. The van der Waals surface area contributed by atoms with Gasteiger partial charge in [-0.2, -0.15) is 0 Å².